The fraction of sp³-hybridized carbons (Fsp3) is 0.190. The van der Waals surface area contributed by atoms with Crippen molar-refractivity contribution >= 4 is 17.5 Å². The smallest absolute Gasteiger partial charge is 0.287 e. The third-order valence-electron chi connectivity index (χ3n) is 4.08. The van der Waals surface area contributed by atoms with Crippen LogP contribution in [-0.2, 0) is 0 Å². The molecule has 1 aromatic heterocycles. The van der Waals surface area contributed by atoms with Crippen LogP contribution in [0.2, 0.25) is 0 Å². The van der Waals surface area contributed by atoms with Gasteiger partial charge in [0, 0.05) is 23.6 Å². The lowest BCUT2D eigenvalue weighted by Crippen LogP contribution is -2.21. The zero-order valence-electron chi connectivity index (χ0n) is 14.8. The predicted molar refractivity (Wildman–Crippen MR) is 105 cm³/mol. The first-order valence-corrected chi connectivity index (χ1v) is 9.44. The third kappa shape index (κ3) is 4.11. The Morgan fingerprint density at radius 1 is 1.08 bits per heavy atom. The van der Waals surface area contributed by atoms with Gasteiger partial charge in [0.25, 0.3) is 5.56 Å². The van der Waals surface area contributed by atoms with Crippen molar-refractivity contribution in [1.29, 1.82) is 0 Å². The molecule has 5 heteroatoms. The van der Waals surface area contributed by atoms with Crippen molar-refractivity contribution in [1.82, 2.24) is 9.55 Å². The van der Waals surface area contributed by atoms with Crippen molar-refractivity contribution in [3.05, 3.63) is 88.5 Å². The molecule has 0 spiro atoms. The van der Waals surface area contributed by atoms with Crippen LogP contribution in [0.4, 0.5) is 0 Å². The van der Waals surface area contributed by atoms with Gasteiger partial charge in [-0.3, -0.25) is 14.2 Å². The minimum atomic E-state index is -0.212. The Morgan fingerprint density at radius 2 is 1.77 bits per heavy atom. The molecule has 3 aromatic rings. The summed E-state index contributed by atoms with van der Waals surface area (Å²) >= 11 is 1.17. The monoisotopic (exact) mass is 364 g/mol. The molecule has 0 radical (unpaired) electrons. The van der Waals surface area contributed by atoms with Gasteiger partial charge in [-0.1, -0.05) is 68.1 Å². The molecule has 0 unspecified atom stereocenters. The molecule has 0 fully saturated rings. The molecule has 0 saturated heterocycles. The van der Waals surface area contributed by atoms with E-state index in [-0.39, 0.29) is 17.1 Å². The van der Waals surface area contributed by atoms with E-state index >= 15 is 0 Å². The van der Waals surface area contributed by atoms with E-state index in [1.165, 1.54) is 17.3 Å². The van der Waals surface area contributed by atoms with E-state index in [4.69, 9.17) is 0 Å². The van der Waals surface area contributed by atoms with E-state index in [1.807, 2.05) is 42.5 Å². The standard InChI is InChI=1S/C21H20N2O2S/c1-15(2)16-8-10-18(11-9-16)23-13-12-22-20(21(23)25)26-14-19(24)17-6-4-3-5-7-17/h3-13,15H,14H2,1-2H3. The first-order valence-electron chi connectivity index (χ1n) is 8.45. The molecular weight excluding hydrogens is 344 g/mol. The summed E-state index contributed by atoms with van der Waals surface area (Å²) in [7, 11) is 0. The second-order valence-corrected chi connectivity index (χ2v) is 7.20. The fourth-order valence-corrected chi connectivity index (χ4v) is 3.35. The highest BCUT2D eigenvalue weighted by Gasteiger charge is 2.11. The molecule has 2 aromatic carbocycles. The second-order valence-electron chi connectivity index (χ2n) is 6.23. The van der Waals surface area contributed by atoms with Crippen LogP contribution in [0.15, 0.2) is 76.8 Å². The number of ketones is 1. The summed E-state index contributed by atoms with van der Waals surface area (Å²) in [5.41, 5.74) is 2.44. The van der Waals surface area contributed by atoms with Crippen molar-refractivity contribution < 1.29 is 4.79 Å². The molecule has 0 atom stereocenters. The van der Waals surface area contributed by atoms with Crippen molar-refractivity contribution in [3.63, 3.8) is 0 Å². The first kappa shape index (κ1) is 18.1. The topological polar surface area (TPSA) is 52.0 Å². The fourth-order valence-electron chi connectivity index (χ4n) is 2.56. The molecule has 26 heavy (non-hydrogen) atoms. The van der Waals surface area contributed by atoms with E-state index in [0.717, 1.165) is 5.69 Å². The molecule has 0 amide bonds. The van der Waals surface area contributed by atoms with Crippen LogP contribution in [0, 0.1) is 0 Å². The van der Waals surface area contributed by atoms with Crippen LogP contribution in [0.25, 0.3) is 5.69 Å². The first-order chi connectivity index (χ1) is 12.6. The van der Waals surface area contributed by atoms with Gasteiger partial charge in [-0.25, -0.2) is 4.98 Å². The molecule has 0 saturated carbocycles. The molecule has 4 nitrogen and oxygen atoms in total. The minimum Gasteiger partial charge on any atom is -0.293 e. The van der Waals surface area contributed by atoms with Gasteiger partial charge in [-0.05, 0) is 23.6 Å². The highest BCUT2D eigenvalue weighted by atomic mass is 32.2. The van der Waals surface area contributed by atoms with Crippen LogP contribution < -0.4 is 5.56 Å². The van der Waals surface area contributed by atoms with E-state index in [2.05, 4.69) is 18.8 Å². The highest BCUT2D eigenvalue weighted by molar-refractivity contribution is 7.99. The highest BCUT2D eigenvalue weighted by Crippen LogP contribution is 2.17. The largest absolute Gasteiger partial charge is 0.293 e. The molecule has 0 bridgehead atoms. The molecule has 132 valence electrons. The molecule has 1 heterocycles. The van der Waals surface area contributed by atoms with Gasteiger partial charge in [-0.2, -0.15) is 0 Å². The molecule has 0 aliphatic heterocycles. The van der Waals surface area contributed by atoms with Gasteiger partial charge < -0.3 is 0 Å². The average molecular weight is 364 g/mol. The van der Waals surface area contributed by atoms with Crippen LogP contribution in [0.1, 0.15) is 35.7 Å². The van der Waals surface area contributed by atoms with Gasteiger partial charge in [0.2, 0.25) is 0 Å². The second kappa shape index (κ2) is 8.15. The van der Waals surface area contributed by atoms with E-state index < -0.39 is 0 Å². The number of carbonyl (C=O) groups excluding carboxylic acids is 1. The van der Waals surface area contributed by atoms with Crippen LogP contribution in [0.5, 0.6) is 0 Å². The average Bonchev–Trinajstić information content (AvgIpc) is 2.67. The van der Waals surface area contributed by atoms with Crippen molar-refractivity contribution in [3.8, 4) is 5.69 Å². The molecule has 3 rings (SSSR count). The lowest BCUT2D eigenvalue weighted by molar-refractivity contribution is 0.102. The van der Waals surface area contributed by atoms with Crippen molar-refractivity contribution in [2.75, 3.05) is 5.75 Å². The number of thioether (sulfide) groups is 1. The predicted octanol–water partition coefficient (Wildman–Crippen LogP) is 4.33. The number of hydrogen-bond donors (Lipinski definition) is 0. The van der Waals surface area contributed by atoms with Crippen molar-refractivity contribution in [2.24, 2.45) is 0 Å². The maximum Gasteiger partial charge on any atom is 0.287 e. The number of aromatic nitrogens is 2. The molecule has 0 aliphatic rings. The number of Topliss-reactive ketones (excluding diaryl/α,β-unsaturated/α-hetero) is 1. The molecular formula is C21H20N2O2S. The third-order valence-corrected chi connectivity index (χ3v) is 5.04. The zero-order chi connectivity index (χ0) is 18.5. The van der Waals surface area contributed by atoms with Gasteiger partial charge >= 0.3 is 0 Å². The summed E-state index contributed by atoms with van der Waals surface area (Å²) in [6.07, 6.45) is 3.24. The van der Waals surface area contributed by atoms with Gasteiger partial charge in [0.1, 0.15) is 0 Å². The zero-order valence-corrected chi connectivity index (χ0v) is 15.6. The van der Waals surface area contributed by atoms with Crippen molar-refractivity contribution in [2.45, 2.75) is 24.8 Å². The summed E-state index contributed by atoms with van der Waals surface area (Å²) < 4.78 is 1.56. The summed E-state index contributed by atoms with van der Waals surface area (Å²) in [6.45, 7) is 4.26. The van der Waals surface area contributed by atoms with Gasteiger partial charge in [-0.15, -0.1) is 0 Å². The van der Waals surface area contributed by atoms with E-state index in [1.54, 1.807) is 29.1 Å². The Balaban J connectivity index is 1.79. The minimum absolute atomic E-state index is 0.0199. The van der Waals surface area contributed by atoms with E-state index in [0.29, 0.717) is 16.5 Å². The Hall–Kier alpha value is -2.66. The Labute approximate surface area is 156 Å². The SMILES string of the molecule is CC(C)c1ccc(-n2ccnc(SCC(=O)c3ccccc3)c2=O)cc1. The van der Waals surface area contributed by atoms with Gasteiger partial charge in [0.05, 0.1) is 5.75 Å². The molecule has 0 aliphatic carbocycles. The quantitative estimate of drug-likeness (QED) is 0.482. The lowest BCUT2D eigenvalue weighted by atomic mass is 10.0. The van der Waals surface area contributed by atoms with Crippen LogP contribution in [0.3, 0.4) is 0 Å². The Kier molecular flexibility index (Phi) is 5.68. The molecule has 0 N–H and O–H groups in total. The Bertz CT molecular complexity index is 948. The number of nitrogens with zero attached hydrogens (tertiary/aromatic N) is 2. The summed E-state index contributed by atoms with van der Waals surface area (Å²) in [5, 5.41) is 0.324. The summed E-state index contributed by atoms with van der Waals surface area (Å²) in [4.78, 5) is 29.1. The van der Waals surface area contributed by atoms with Crippen LogP contribution in [-0.4, -0.2) is 21.1 Å². The van der Waals surface area contributed by atoms with Gasteiger partial charge in [0.15, 0.2) is 10.8 Å². The van der Waals surface area contributed by atoms with E-state index in [9.17, 15) is 9.59 Å². The maximum atomic E-state index is 12.7. The number of hydrogen-bond acceptors (Lipinski definition) is 4. The summed E-state index contributed by atoms with van der Waals surface area (Å²) in [5.74, 6) is 0.601. The normalized spacial score (nSPS) is 10.9. The number of carbonyl (C=O) groups is 1. The maximum absolute atomic E-state index is 12.7. The summed E-state index contributed by atoms with van der Waals surface area (Å²) in [6, 6.07) is 17.0. The Morgan fingerprint density at radius 3 is 2.42 bits per heavy atom. The number of rotatable bonds is 6. The van der Waals surface area contributed by atoms with Crippen LogP contribution >= 0.6 is 11.8 Å². The lowest BCUT2D eigenvalue weighted by Gasteiger charge is -2.10. The number of benzene rings is 2.